The molecule has 1 aromatic carbocycles. The first-order valence-corrected chi connectivity index (χ1v) is 10.0. The number of anilines is 1. The van der Waals surface area contributed by atoms with Gasteiger partial charge in [-0.2, -0.15) is 0 Å². The number of nitrogens with zero attached hydrogens (tertiary/aromatic N) is 3. The molecule has 6 heteroatoms. The van der Waals surface area contributed by atoms with Gasteiger partial charge in [0.2, 0.25) is 5.91 Å². The van der Waals surface area contributed by atoms with Crippen LogP contribution in [-0.2, 0) is 11.3 Å². The zero-order valence-corrected chi connectivity index (χ0v) is 16.2. The third kappa shape index (κ3) is 4.43. The van der Waals surface area contributed by atoms with Crippen LogP contribution in [0.4, 0.5) is 10.1 Å². The Kier molecular flexibility index (Phi) is 6.27. The van der Waals surface area contributed by atoms with Crippen LogP contribution >= 0.6 is 11.3 Å². The van der Waals surface area contributed by atoms with E-state index in [9.17, 15) is 9.18 Å². The first-order valence-electron chi connectivity index (χ1n) is 9.14. The highest BCUT2D eigenvalue weighted by Crippen LogP contribution is 2.19. The molecule has 0 radical (unpaired) electrons. The summed E-state index contributed by atoms with van der Waals surface area (Å²) in [6, 6.07) is 10.6. The Bertz CT molecular complexity index is 696. The molecular weight excluding hydrogens is 349 g/mol. The summed E-state index contributed by atoms with van der Waals surface area (Å²) < 4.78 is 13.1. The summed E-state index contributed by atoms with van der Waals surface area (Å²) in [4.78, 5) is 20.6. The van der Waals surface area contributed by atoms with Gasteiger partial charge in [0.05, 0.1) is 12.6 Å². The minimum atomic E-state index is -0.211. The summed E-state index contributed by atoms with van der Waals surface area (Å²) >= 11 is 1.69. The Morgan fingerprint density at radius 3 is 2.46 bits per heavy atom. The van der Waals surface area contributed by atoms with Crippen molar-refractivity contribution in [3.05, 3.63) is 52.5 Å². The van der Waals surface area contributed by atoms with Gasteiger partial charge in [0.25, 0.3) is 0 Å². The van der Waals surface area contributed by atoms with Crippen LogP contribution in [0.3, 0.4) is 0 Å². The largest absolute Gasteiger partial charge is 0.369 e. The van der Waals surface area contributed by atoms with Gasteiger partial charge in [0, 0.05) is 43.3 Å². The van der Waals surface area contributed by atoms with Gasteiger partial charge in [0.15, 0.2) is 0 Å². The van der Waals surface area contributed by atoms with Crippen LogP contribution in [0.1, 0.15) is 18.7 Å². The highest BCUT2D eigenvalue weighted by atomic mass is 32.1. The fraction of sp³-hybridized carbons (Fsp3) is 0.450. The average Bonchev–Trinajstić information content (AvgIpc) is 3.19. The van der Waals surface area contributed by atoms with E-state index in [0.29, 0.717) is 6.54 Å². The number of likely N-dealkylation sites (N-methyl/N-ethyl adjacent to an activating group) is 1. The monoisotopic (exact) mass is 375 g/mol. The Balaban J connectivity index is 1.55. The van der Waals surface area contributed by atoms with Crippen molar-refractivity contribution in [3.63, 3.8) is 0 Å². The molecule has 1 aliphatic rings. The molecule has 4 nitrogen and oxygen atoms in total. The van der Waals surface area contributed by atoms with Gasteiger partial charge in [0.1, 0.15) is 5.82 Å². The van der Waals surface area contributed by atoms with Gasteiger partial charge in [-0.05, 0) is 49.6 Å². The molecule has 0 aliphatic carbocycles. The zero-order chi connectivity index (χ0) is 18.5. The average molecular weight is 376 g/mol. The third-order valence-corrected chi connectivity index (χ3v) is 5.89. The van der Waals surface area contributed by atoms with Gasteiger partial charge in [-0.1, -0.05) is 6.07 Å². The van der Waals surface area contributed by atoms with Crippen LogP contribution in [-0.4, -0.2) is 54.5 Å². The van der Waals surface area contributed by atoms with E-state index in [-0.39, 0.29) is 17.8 Å². The van der Waals surface area contributed by atoms with Gasteiger partial charge in [-0.3, -0.25) is 9.69 Å². The minimum Gasteiger partial charge on any atom is -0.369 e. The van der Waals surface area contributed by atoms with E-state index < -0.39 is 0 Å². The molecule has 1 aromatic heterocycles. The number of rotatable bonds is 6. The maximum Gasteiger partial charge on any atom is 0.239 e. The van der Waals surface area contributed by atoms with Crippen molar-refractivity contribution >= 4 is 22.9 Å². The molecule has 1 aliphatic heterocycles. The maximum atomic E-state index is 13.1. The van der Waals surface area contributed by atoms with Crippen LogP contribution < -0.4 is 4.90 Å². The smallest absolute Gasteiger partial charge is 0.239 e. The second-order valence-electron chi connectivity index (χ2n) is 6.61. The molecule has 140 valence electrons. The number of carbonyl (C=O) groups is 1. The van der Waals surface area contributed by atoms with E-state index >= 15 is 0 Å². The highest BCUT2D eigenvalue weighted by molar-refractivity contribution is 7.09. The lowest BCUT2D eigenvalue weighted by Crippen LogP contribution is -2.54. The zero-order valence-electron chi connectivity index (χ0n) is 15.4. The molecule has 0 bridgehead atoms. The molecule has 0 N–H and O–H groups in total. The first-order chi connectivity index (χ1) is 12.6. The van der Waals surface area contributed by atoms with E-state index in [2.05, 4.69) is 15.9 Å². The Morgan fingerprint density at radius 1 is 1.19 bits per heavy atom. The number of hydrogen-bond donors (Lipinski definition) is 0. The maximum absolute atomic E-state index is 13.1. The first kappa shape index (κ1) is 18.9. The van der Waals surface area contributed by atoms with Crippen LogP contribution in [0.2, 0.25) is 0 Å². The molecule has 2 heterocycles. The van der Waals surface area contributed by atoms with Gasteiger partial charge < -0.3 is 9.80 Å². The van der Waals surface area contributed by atoms with E-state index in [1.807, 2.05) is 42.3 Å². The molecule has 1 fully saturated rings. The van der Waals surface area contributed by atoms with Gasteiger partial charge in [-0.25, -0.2) is 4.39 Å². The number of benzene rings is 1. The fourth-order valence-corrected chi connectivity index (χ4v) is 4.10. The number of thiophene rings is 1. The third-order valence-electron chi connectivity index (χ3n) is 5.03. The van der Waals surface area contributed by atoms with Crippen molar-refractivity contribution < 1.29 is 9.18 Å². The van der Waals surface area contributed by atoms with E-state index in [1.54, 1.807) is 11.3 Å². The minimum absolute atomic E-state index is 0.120. The number of hydrogen-bond acceptors (Lipinski definition) is 4. The van der Waals surface area contributed by atoms with Crippen molar-refractivity contribution in [2.45, 2.75) is 26.4 Å². The normalized spacial score (nSPS) is 16.5. The quantitative estimate of drug-likeness (QED) is 0.774. The predicted molar refractivity (Wildman–Crippen MR) is 105 cm³/mol. The second kappa shape index (κ2) is 8.64. The lowest BCUT2D eigenvalue weighted by atomic mass is 10.2. The Hall–Kier alpha value is -1.92. The van der Waals surface area contributed by atoms with Crippen molar-refractivity contribution in [2.24, 2.45) is 0 Å². The molecule has 0 spiro atoms. The number of halogens is 1. The molecule has 1 saturated heterocycles. The SMILES string of the molecule is CCN(Cc1cccs1)C(=O)C(C)N1CCN(c2ccc(F)cc2)CC1. The molecule has 26 heavy (non-hydrogen) atoms. The summed E-state index contributed by atoms with van der Waals surface area (Å²) in [5.74, 6) is -0.0202. The standard InChI is InChI=1S/C20H26FN3OS/c1-3-22(15-19-5-4-14-26-19)20(25)16(2)23-10-12-24(13-11-23)18-8-6-17(21)7-9-18/h4-9,14,16H,3,10-13,15H2,1-2H3. The molecule has 1 unspecified atom stereocenters. The van der Waals surface area contributed by atoms with Gasteiger partial charge >= 0.3 is 0 Å². The number of carbonyl (C=O) groups excluding carboxylic acids is 1. The van der Waals surface area contributed by atoms with Crippen LogP contribution in [0, 0.1) is 5.82 Å². The van der Waals surface area contributed by atoms with Crippen molar-refractivity contribution in [1.82, 2.24) is 9.80 Å². The summed E-state index contributed by atoms with van der Waals surface area (Å²) in [6.45, 7) is 8.81. The Morgan fingerprint density at radius 2 is 1.88 bits per heavy atom. The van der Waals surface area contributed by atoms with Crippen LogP contribution in [0.25, 0.3) is 0 Å². The van der Waals surface area contributed by atoms with E-state index in [4.69, 9.17) is 0 Å². The Labute approximate surface area is 158 Å². The molecule has 3 rings (SSSR count). The summed E-state index contributed by atoms with van der Waals surface area (Å²) in [7, 11) is 0. The molecule has 0 saturated carbocycles. The number of amides is 1. The number of piperazine rings is 1. The van der Waals surface area contributed by atoms with Crippen LogP contribution in [0.15, 0.2) is 41.8 Å². The predicted octanol–water partition coefficient (Wildman–Crippen LogP) is 3.45. The summed E-state index contributed by atoms with van der Waals surface area (Å²) in [5, 5.41) is 2.05. The lowest BCUT2D eigenvalue weighted by Gasteiger charge is -2.39. The van der Waals surface area contributed by atoms with E-state index in [0.717, 1.165) is 38.4 Å². The van der Waals surface area contributed by atoms with Crippen LogP contribution in [0.5, 0.6) is 0 Å². The highest BCUT2D eigenvalue weighted by Gasteiger charge is 2.28. The molecular formula is C20H26FN3OS. The fourth-order valence-electron chi connectivity index (χ4n) is 3.38. The molecule has 1 atom stereocenters. The van der Waals surface area contributed by atoms with Gasteiger partial charge in [-0.15, -0.1) is 11.3 Å². The topological polar surface area (TPSA) is 26.8 Å². The summed E-state index contributed by atoms with van der Waals surface area (Å²) in [5.41, 5.74) is 1.04. The lowest BCUT2D eigenvalue weighted by molar-refractivity contribution is -0.137. The van der Waals surface area contributed by atoms with Crippen molar-refractivity contribution in [2.75, 3.05) is 37.6 Å². The van der Waals surface area contributed by atoms with Crippen molar-refractivity contribution in [3.8, 4) is 0 Å². The summed E-state index contributed by atoms with van der Waals surface area (Å²) in [6.07, 6.45) is 0. The van der Waals surface area contributed by atoms with E-state index in [1.165, 1.54) is 17.0 Å². The van der Waals surface area contributed by atoms with Crippen molar-refractivity contribution in [1.29, 1.82) is 0 Å². The molecule has 1 amide bonds. The molecule has 2 aromatic rings. The second-order valence-corrected chi connectivity index (χ2v) is 7.64.